The fourth-order valence-electron chi connectivity index (χ4n) is 4.03. The van der Waals surface area contributed by atoms with Gasteiger partial charge in [0, 0.05) is 33.4 Å². The molecule has 10 nitrogen and oxygen atoms in total. The Morgan fingerprint density at radius 1 is 0.921 bits per heavy atom. The lowest BCUT2D eigenvalue weighted by Crippen LogP contribution is -2.61. The zero-order valence-electron chi connectivity index (χ0n) is 21.7. The van der Waals surface area contributed by atoms with Crippen LogP contribution >= 0.6 is 0 Å². The number of halogens is 1. The van der Waals surface area contributed by atoms with Gasteiger partial charge in [-0.25, -0.2) is 4.39 Å². The van der Waals surface area contributed by atoms with Crippen LogP contribution in [0.25, 0.3) is 11.1 Å². The van der Waals surface area contributed by atoms with Gasteiger partial charge >= 0.3 is 17.9 Å². The Morgan fingerprint density at radius 3 is 2.18 bits per heavy atom. The highest BCUT2D eigenvalue weighted by Crippen LogP contribution is 2.33. The number of esters is 3. The van der Waals surface area contributed by atoms with Gasteiger partial charge in [0.25, 0.3) is 5.91 Å². The molecule has 1 amide bonds. The van der Waals surface area contributed by atoms with Gasteiger partial charge in [0.2, 0.25) is 12.5 Å². The van der Waals surface area contributed by atoms with E-state index in [1.54, 1.807) is 50.4 Å². The summed E-state index contributed by atoms with van der Waals surface area (Å²) in [5.41, 5.74) is 2.71. The Morgan fingerprint density at radius 2 is 1.58 bits per heavy atom. The monoisotopic (exact) mass is 531 g/mol. The second-order valence-electron chi connectivity index (χ2n) is 8.70. The van der Waals surface area contributed by atoms with Crippen molar-refractivity contribution < 1.29 is 47.3 Å². The molecule has 0 bridgehead atoms. The van der Waals surface area contributed by atoms with E-state index in [9.17, 15) is 19.2 Å². The van der Waals surface area contributed by atoms with Crippen molar-refractivity contribution in [2.75, 3.05) is 13.7 Å². The molecule has 2 aromatic rings. The number of rotatable bonds is 8. The van der Waals surface area contributed by atoms with Crippen LogP contribution < -0.4 is 10.1 Å². The minimum Gasteiger partial charge on any atom is -0.463 e. The van der Waals surface area contributed by atoms with Crippen molar-refractivity contribution in [1.82, 2.24) is 5.32 Å². The normalized spacial score (nSPS) is 22.6. The molecule has 1 aliphatic heterocycles. The van der Waals surface area contributed by atoms with Crippen LogP contribution in [0.15, 0.2) is 42.5 Å². The van der Waals surface area contributed by atoms with E-state index in [0.29, 0.717) is 11.1 Å². The smallest absolute Gasteiger partial charge is 0.303 e. The van der Waals surface area contributed by atoms with Crippen LogP contribution in [0.1, 0.15) is 36.7 Å². The zero-order chi connectivity index (χ0) is 28.0. The predicted molar refractivity (Wildman–Crippen MR) is 132 cm³/mol. The van der Waals surface area contributed by atoms with Gasteiger partial charge < -0.3 is 29.0 Å². The average Bonchev–Trinajstić information content (AvgIpc) is 2.87. The van der Waals surface area contributed by atoms with E-state index in [1.165, 1.54) is 6.92 Å². The summed E-state index contributed by atoms with van der Waals surface area (Å²) >= 11 is 0. The largest absolute Gasteiger partial charge is 0.463 e. The fraction of sp³-hybridized carbons (Fsp3) is 0.407. The summed E-state index contributed by atoms with van der Waals surface area (Å²) < 4.78 is 42.5. The molecule has 5 atom stereocenters. The molecular weight excluding hydrogens is 501 g/mol. The van der Waals surface area contributed by atoms with E-state index in [-0.39, 0.29) is 11.7 Å². The number of carbonyl (C=O) groups is 4. The summed E-state index contributed by atoms with van der Waals surface area (Å²) in [5, 5.41) is 2.58. The first-order chi connectivity index (χ1) is 18.0. The number of hydrogen-bond acceptors (Lipinski definition) is 9. The zero-order valence-corrected chi connectivity index (χ0v) is 21.7. The van der Waals surface area contributed by atoms with Crippen molar-refractivity contribution in [1.29, 1.82) is 0 Å². The summed E-state index contributed by atoms with van der Waals surface area (Å²) in [6, 6.07) is 12.2. The Labute approximate surface area is 219 Å². The number of aryl methyl sites for hydroxylation is 1. The molecule has 3 rings (SSSR count). The first kappa shape index (κ1) is 28.6. The number of carbonyl (C=O) groups excluding carboxylic acids is 4. The van der Waals surface area contributed by atoms with Crippen LogP contribution in [0, 0.1) is 6.92 Å². The number of alkyl halides is 1. The number of benzene rings is 2. The van der Waals surface area contributed by atoms with Gasteiger partial charge in [-0.15, -0.1) is 0 Å². The molecule has 0 unspecified atom stereocenters. The van der Waals surface area contributed by atoms with Crippen LogP contribution in [0.5, 0.6) is 5.75 Å². The summed E-state index contributed by atoms with van der Waals surface area (Å²) in [5.74, 6) is -2.14. The second kappa shape index (κ2) is 12.5. The van der Waals surface area contributed by atoms with Crippen LogP contribution in [0.4, 0.5) is 4.39 Å². The molecule has 1 saturated heterocycles. The van der Waals surface area contributed by atoms with Crippen molar-refractivity contribution in [3.8, 4) is 16.9 Å². The fourth-order valence-corrected chi connectivity index (χ4v) is 4.03. The highest BCUT2D eigenvalue weighted by molar-refractivity contribution is 5.95. The second-order valence-corrected chi connectivity index (χ2v) is 8.70. The first-order valence-corrected chi connectivity index (χ1v) is 11.9. The lowest BCUT2D eigenvalue weighted by Gasteiger charge is -2.41. The van der Waals surface area contributed by atoms with Gasteiger partial charge in [-0.2, -0.15) is 0 Å². The van der Waals surface area contributed by atoms with Crippen molar-refractivity contribution in [3.63, 3.8) is 0 Å². The third-order valence-corrected chi connectivity index (χ3v) is 5.73. The molecule has 1 N–H and O–H groups in total. The van der Waals surface area contributed by atoms with E-state index in [1.807, 2.05) is 6.07 Å². The molecule has 0 saturated carbocycles. The number of amides is 1. The average molecular weight is 532 g/mol. The van der Waals surface area contributed by atoms with Crippen LogP contribution in [0.2, 0.25) is 0 Å². The van der Waals surface area contributed by atoms with Crippen LogP contribution in [-0.2, 0) is 33.3 Å². The van der Waals surface area contributed by atoms with E-state index in [4.69, 9.17) is 23.7 Å². The van der Waals surface area contributed by atoms with Crippen molar-refractivity contribution >= 4 is 23.8 Å². The number of hydrogen-bond donors (Lipinski definition) is 1. The lowest BCUT2D eigenvalue weighted by atomic mass is 9.99. The maximum Gasteiger partial charge on any atom is 0.303 e. The third kappa shape index (κ3) is 7.06. The molecule has 1 fully saturated rings. The quantitative estimate of drug-likeness (QED) is 0.404. The summed E-state index contributed by atoms with van der Waals surface area (Å²) in [7, 11) is 1.55. The summed E-state index contributed by atoms with van der Waals surface area (Å²) in [4.78, 5) is 46.8. The van der Waals surface area contributed by atoms with E-state index < -0.39 is 55.3 Å². The minimum absolute atomic E-state index is 0.218. The lowest BCUT2D eigenvalue weighted by molar-refractivity contribution is -0.271. The SMILES string of the molecule is CNC(=O)c1cccc(-c2ccc(O[C@H]3O[C@H](COC(C)=O)[C@@H](OC(C)=O)[C@H](OC(C)=O)[C@@H]3F)c(C)c2)c1. The van der Waals surface area contributed by atoms with E-state index >= 15 is 4.39 Å². The molecule has 0 aliphatic carbocycles. The predicted octanol–water partition coefficient (Wildman–Crippen LogP) is 2.89. The highest BCUT2D eigenvalue weighted by atomic mass is 19.1. The van der Waals surface area contributed by atoms with Gasteiger partial charge in [0.15, 0.2) is 12.2 Å². The molecular formula is C27H30FNO9. The third-order valence-electron chi connectivity index (χ3n) is 5.73. The van der Waals surface area contributed by atoms with Crippen molar-refractivity contribution in [2.24, 2.45) is 0 Å². The van der Waals surface area contributed by atoms with E-state index in [2.05, 4.69) is 5.32 Å². The highest BCUT2D eigenvalue weighted by Gasteiger charge is 2.52. The molecule has 1 aliphatic rings. The summed E-state index contributed by atoms with van der Waals surface area (Å²) in [6.45, 7) is 4.73. The van der Waals surface area contributed by atoms with E-state index in [0.717, 1.165) is 25.0 Å². The first-order valence-electron chi connectivity index (χ1n) is 11.9. The molecule has 38 heavy (non-hydrogen) atoms. The van der Waals surface area contributed by atoms with Gasteiger partial charge in [-0.1, -0.05) is 18.2 Å². The molecule has 204 valence electrons. The van der Waals surface area contributed by atoms with Gasteiger partial charge in [0.05, 0.1) is 0 Å². The molecule has 0 aromatic heterocycles. The molecule has 11 heteroatoms. The van der Waals surface area contributed by atoms with Crippen molar-refractivity contribution in [3.05, 3.63) is 53.6 Å². The topological polar surface area (TPSA) is 126 Å². The molecule has 2 aromatic carbocycles. The Bertz CT molecular complexity index is 1200. The Balaban J connectivity index is 1.87. The Kier molecular flexibility index (Phi) is 9.40. The summed E-state index contributed by atoms with van der Waals surface area (Å²) in [6.07, 6.45) is -7.73. The maximum absolute atomic E-state index is 15.6. The number of ether oxygens (including phenoxy) is 5. The minimum atomic E-state index is -2.04. The molecule has 0 radical (unpaired) electrons. The van der Waals surface area contributed by atoms with Crippen LogP contribution in [-0.4, -0.2) is 68.2 Å². The Hall–Kier alpha value is -3.99. The van der Waals surface area contributed by atoms with Crippen LogP contribution in [0.3, 0.4) is 0 Å². The maximum atomic E-state index is 15.6. The standard InChI is InChI=1S/C27H30FNO9/c1-14-11-19(18-7-6-8-20(12-18)26(33)29-5)9-10-21(14)37-27-23(28)25(36-17(4)32)24(35-16(3)31)22(38-27)13-34-15(2)30/h6-12,22-25,27H,13H2,1-5H3,(H,29,33)/t22-,23+,24-,25-,27+/m1/s1. The number of nitrogens with one attached hydrogen (secondary N) is 1. The molecule has 0 spiro atoms. The van der Waals surface area contributed by atoms with Gasteiger partial charge in [-0.3, -0.25) is 19.2 Å². The molecule has 1 heterocycles. The van der Waals surface area contributed by atoms with Crippen molar-refractivity contribution in [2.45, 2.75) is 58.5 Å². The van der Waals surface area contributed by atoms with Gasteiger partial charge in [-0.05, 0) is 47.9 Å². The van der Waals surface area contributed by atoms with Gasteiger partial charge in [0.1, 0.15) is 18.5 Å².